The topological polar surface area (TPSA) is 58.6 Å². The number of carbonyl (C=O) groups is 2. The number of nitrogens with zero attached hydrogens (tertiary/aromatic N) is 1. The van der Waals surface area contributed by atoms with Crippen LogP contribution in [0.1, 0.15) is 22.8 Å². The van der Waals surface area contributed by atoms with Crippen LogP contribution in [0.3, 0.4) is 0 Å². The molecule has 0 aliphatic carbocycles. The van der Waals surface area contributed by atoms with Crippen molar-refractivity contribution in [3.8, 4) is 5.75 Å². The molecule has 0 spiro atoms. The first-order valence-corrected chi connectivity index (χ1v) is 8.26. The summed E-state index contributed by atoms with van der Waals surface area (Å²) in [7, 11) is 1.57. The molecule has 25 heavy (non-hydrogen) atoms. The molecule has 0 fully saturated rings. The Balaban J connectivity index is 1.99. The first-order valence-electron chi connectivity index (χ1n) is 7.89. The Morgan fingerprint density at radius 3 is 2.40 bits per heavy atom. The van der Waals surface area contributed by atoms with Crippen molar-refractivity contribution in [1.29, 1.82) is 0 Å². The fourth-order valence-electron chi connectivity index (χ4n) is 2.49. The van der Waals surface area contributed by atoms with Crippen molar-refractivity contribution >= 4 is 29.1 Å². The monoisotopic (exact) mass is 360 g/mol. The number of hydrogen-bond donors (Lipinski definition) is 1. The lowest BCUT2D eigenvalue weighted by atomic mass is 10.1. The van der Waals surface area contributed by atoms with Crippen LogP contribution in [0.15, 0.2) is 42.5 Å². The fourth-order valence-corrected chi connectivity index (χ4v) is 2.72. The molecule has 132 valence electrons. The second-order valence-corrected chi connectivity index (χ2v) is 6.02. The van der Waals surface area contributed by atoms with Gasteiger partial charge < -0.3 is 15.0 Å². The van der Waals surface area contributed by atoms with Gasteiger partial charge in [0.05, 0.1) is 7.11 Å². The Bertz CT molecular complexity index is 760. The zero-order valence-electron chi connectivity index (χ0n) is 14.5. The van der Waals surface area contributed by atoms with Gasteiger partial charge in [0.1, 0.15) is 5.75 Å². The Kier molecular flexibility index (Phi) is 6.42. The van der Waals surface area contributed by atoms with Crippen molar-refractivity contribution in [1.82, 2.24) is 5.32 Å². The number of rotatable bonds is 6. The summed E-state index contributed by atoms with van der Waals surface area (Å²) >= 11 is 5.97. The van der Waals surface area contributed by atoms with Gasteiger partial charge in [0.25, 0.3) is 5.91 Å². The lowest BCUT2D eigenvalue weighted by Crippen LogP contribution is -2.37. The van der Waals surface area contributed by atoms with Gasteiger partial charge in [-0.2, -0.15) is 0 Å². The quantitative estimate of drug-likeness (QED) is 0.858. The standard InChI is InChI=1S/C19H21ClN2O3/c1-13-12-16(20)6-9-18(13)22(14(2)23)11-10-21-19(24)15-4-7-17(25-3)8-5-15/h4-9,12H,10-11H2,1-3H3,(H,21,24). The lowest BCUT2D eigenvalue weighted by Gasteiger charge is -2.23. The molecule has 2 rings (SSSR count). The zero-order valence-corrected chi connectivity index (χ0v) is 15.3. The van der Waals surface area contributed by atoms with Crippen LogP contribution in [-0.2, 0) is 4.79 Å². The van der Waals surface area contributed by atoms with Crippen LogP contribution in [0.4, 0.5) is 5.69 Å². The van der Waals surface area contributed by atoms with E-state index in [4.69, 9.17) is 16.3 Å². The Morgan fingerprint density at radius 2 is 1.84 bits per heavy atom. The molecule has 0 bridgehead atoms. The maximum atomic E-state index is 12.2. The Hall–Kier alpha value is -2.53. The van der Waals surface area contributed by atoms with Gasteiger partial charge in [-0.1, -0.05) is 11.6 Å². The smallest absolute Gasteiger partial charge is 0.251 e. The summed E-state index contributed by atoms with van der Waals surface area (Å²) in [6.45, 7) is 4.11. The van der Waals surface area contributed by atoms with Crippen LogP contribution in [0.2, 0.25) is 5.02 Å². The van der Waals surface area contributed by atoms with Gasteiger partial charge in [0.2, 0.25) is 5.91 Å². The fraction of sp³-hybridized carbons (Fsp3) is 0.263. The number of ether oxygens (including phenoxy) is 1. The predicted octanol–water partition coefficient (Wildman–Crippen LogP) is 3.44. The number of hydrogen-bond acceptors (Lipinski definition) is 3. The summed E-state index contributed by atoms with van der Waals surface area (Å²) < 4.78 is 5.07. The van der Waals surface area contributed by atoms with E-state index in [1.54, 1.807) is 42.3 Å². The summed E-state index contributed by atoms with van der Waals surface area (Å²) in [6, 6.07) is 12.2. The zero-order chi connectivity index (χ0) is 18.4. The van der Waals surface area contributed by atoms with Crippen LogP contribution in [-0.4, -0.2) is 32.0 Å². The number of halogens is 1. The Morgan fingerprint density at radius 1 is 1.16 bits per heavy atom. The minimum atomic E-state index is -0.195. The van der Waals surface area contributed by atoms with Gasteiger partial charge in [-0.15, -0.1) is 0 Å². The SMILES string of the molecule is COc1ccc(C(=O)NCCN(C(C)=O)c2ccc(Cl)cc2C)cc1. The molecular weight excluding hydrogens is 340 g/mol. The predicted molar refractivity (Wildman–Crippen MR) is 99.5 cm³/mol. The maximum Gasteiger partial charge on any atom is 0.251 e. The number of methoxy groups -OCH3 is 1. The van der Waals surface area contributed by atoms with E-state index in [-0.39, 0.29) is 11.8 Å². The van der Waals surface area contributed by atoms with E-state index in [9.17, 15) is 9.59 Å². The average molecular weight is 361 g/mol. The molecule has 0 aromatic heterocycles. The van der Waals surface area contributed by atoms with Crippen LogP contribution in [0, 0.1) is 6.92 Å². The van der Waals surface area contributed by atoms with Gasteiger partial charge in [0, 0.05) is 36.3 Å². The van der Waals surface area contributed by atoms with Gasteiger partial charge >= 0.3 is 0 Å². The summed E-state index contributed by atoms with van der Waals surface area (Å²) in [6.07, 6.45) is 0. The molecule has 0 atom stereocenters. The van der Waals surface area contributed by atoms with Crippen molar-refractivity contribution < 1.29 is 14.3 Å². The molecule has 5 nitrogen and oxygen atoms in total. The summed E-state index contributed by atoms with van der Waals surface area (Å²) in [4.78, 5) is 25.8. The van der Waals surface area contributed by atoms with Gasteiger partial charge in [-0.05, 0) is 55.0 Å². The average Bonchev–Trinajstić information content (AvgIpc) is 2.59. The number of aryl methyl sites for hydroxylation is 1. The third-order valence-corrected chi connectivity index (χ3v) is 4.04. The van der Waals surface area contributed by atoms with Crippen LogP contribution in [0.25, 0.3) is 0 Å². The second-order valence-electron chi connectivity index (χ2n) is 5.59. The second kappa shape index (κ2) is 8.53. The van der Waals surface area contributed by atoms with Crippen LogP contribution >= 0.6 is 11.6 Å². The molecule has 0 aliphatic heterocycles. The molecule has 0 saturated heterocycles. The van der Waals surface area contributed by atoms with Crippen molar-refractivity contribution in [3.63, 3.8) is 0 Å². The molecule has 0 radical (unpaired) electrons. The van der Waals surface area contributed by atoms with E-state index >= 15 is 0 Å². The number of anilines is 1. The van der Waals surface area contributed by atoms with Gasteiger partial charge in [-0.25, -0.2) is 0 Å². The first-order chi connectivity index (χ1) is 11.9. The van der Waals surface area contributed by atoms with Crippen molar-refractivity contribution in [2.75, 3.05) is 25.1 Å². The summed E-state index contributed by atoms with van der Waals surface area (Å²) in [5, 5.41) is 3.45. The molecule has 0 heterocycles. The van der Waals surface area contributed by atoms with Gasteiger partial charge in [-0.3, -0.25) is 9.59 Å². The van der Waals surface area contributed by atoms with Crippen LogP contribution in [0.5, 0.6) is 5.75 Å². The highest BCUT2D eigenvalue weighted by Crippen LogP contribution is 2.23. The van der Waals surface area contributed by atoms with Gasteiger partial charge in [0.15, 0.2) is 0 Å². The van der Waals surface area contributed by atoms with Crippen molar-refractivity contribution in [2.24, 2.45) is 0 Å². The highest BCUT2D eigenvalue weighted by atomic mass is 35.5. The third-order valence-electron chi connectivity index (χ3n) is 3.80. The molecule has 0 saturated carbocycles. The highest BCUT2D eigenvalue weighted by molar-refractivity contribution is 6.30. The number of benzene rings is 2. The number of amides is 2. The Labute approximate surface area is 152 Å². The van der Waals surface area contributed by atoms with E-state index in [0.717, 1.165) is 11.3 Å². The summed E-state index contributed by atoms with van der Waals surface area (Å²) in [5.74, 6) is 0.403. The molecule has 2 aromatic rings. The van der Waals surface area contributed by atoms with Crippen molar-refractivity contribution in [3.05, 3.63) is 58.6 Å². The summed E-state index contributed by atoms with van der Waals surface area (Å²) in [5.41, 5.74) is 2.23. The maximum absolute atomic E-state index is 12.2. The highest BCUT2D eigenvalue weighted by Gasteiger charge is 2.14. The minimum Gasteiger partial charge on any atom is -0.497 e. The molecule has 2 amide bonds. The van der Waals surface area contributed by atoms with E-state index in [1.807, 2.05) is 19.1 Å². The van der Waals surface area contributed by atoms with Crippen LogP contribution < -0.4 is 15.0 Å². The molecule has 0 aliphatic rings. The number of carbonyl (C=O) groups excluding carboxylic acids is 2. The molecule has 1 N–H and O–H groups in total. The molecule has 0 unspecified atom stereocenters. The molecule has 2 aromatic carbocycles. The molecule has 6 heteroatoms. The normalized spacial score (nSPS) is 10.2. The molecular formula is C19H21ClN2O3. The minimum absolute atomic E-state index is 0.0934. The largest absolute Gasteiger partial charge is 0.497 e. The number of nitrogens with one attached hydrogen (secondary N) is 1. The third kappa shape index (κ3) is 4.97. The van der Waals surface area contributed by atoms with E-state index in [2.05, 4.69) is 5.32 Å². The first kappa shape index (κ1) is 18.8. The van der Waals surface area contributed by atoms with E-state index < -0.39 is 0 Å². The lowest BCUT2D eigenvalue weighted by molar-refractivity contribution is -0.116. The van der Waals surface area contributed by atoms with E-state index in [0.29, 0.717) is 29.4 Å². The van der Waals surface area contributed by atoms with Crippen molar-refractivity contribution in [2.45, 2.75) is 13.8 Å². The van der Waals surface area contributed by atoms with E-state index in [1.165, 1.54) is 6.92 Å².